The lowest BCUT2D eigenvalue weighted by molar-refractivity contribution is 0.0374. The van der Waals surface area contributed by atoms with Crippen molar-refractivity contribution in [3.63, 3.8) is 0 Å². The Morgan fingerprint density at radius 3 is 2.64 bits per heavy atom. The molecule has 1 aliphatic rings. The van der Waals surface area contributed by atoms with Crippen molar-refractivity contribution in [2.24, 2.45) is 10.2 Å². The van der Waals surface area contributed by atoms with Crippen LogP contribution in [0.1, 0.15) is 22.3 Å². The van der Waals surface area contributed by atoms with E-state index in [-0.39, 0.29) is 11.9 Å². The van der Waals surface area contributed by atoms with Crippen molar-refractivity contribution in [3.05, 3.63) is 78.1 Å². The number of nitrogens with zero attached hydrogens (tertiary/aromatic N) is 7. The van der Waals surface area contributed by atoms with Gasteiger partial charge in [0.05, 0.1) is 37.0 Å². The zero-order chi connectivity index (χ0) is 24.6. The lowest BCUT2D eigenvalue weighted by Crippen LogP contribution is -2.38. The Bertz CT molecular complexity index is 1320. The quantitative estimate of drug-likeness (QED) is 0.287. The molecule has 184 valence electrons. The molecule has 1 saturated heterocycles. The second-order valence-electron chi connectivity index (χ2n) is 8.50. The molecule has 1 N–H and O–H groups in total. The van der Waals surface area contributed by atoms with Crippen LogP contribution in [0.5, 0.6) is 0 Å². The van der Waals surface area contributed by atoms with Crippen LogP contribution in [-0.2, 0) is 11.3 Å². The number of ether oxygens (including phenoxy) is 1. The minimum atomic E-state index is -0.0677. The Kier molecular flexibility index (Phi) is 7.64. The SMILES string of the molecule is O=C(NCCCN1CCOCC1)c1ccc(CN=Nc2ncc3cnn(-c4ccccc4)c3n2)cc1. The van der Waals surface area contributed by atoms with Crippen molar-refractivity contribution in [2.75, 3.05) is 39.4 Å². The second kappa shape index (κ2) is 11.6. The molecule has 0 atom stereocenters. The third-order valence-corrected chi connectivity index (χ3v) is 5.97. The first-order valence-corrected chi connectivity index (χ1v) is 12.1. The number of carbonyl (C=O) groups excluding carboxylic acids is 1. The van der Waals surface area contributed by atoms with Crippen molar-refractivity contribution in [1.82, 2.24) is 30.0 Å². The number of rotatable bonds is 9. The first-order chi connectivity index (χ1) is 17.8. The molecular formula is C26H28N8O2. The molecule has 0 unspecified atom stereocenters. The van der Waals surface area contributed by atoms with E-state index in [0.29, 0.717) is 24.3 Å². The molecule has 0 radical (unpaired) electrons. The van der Waals surface area contributed by atoms with Gasteiger partial charge in [-0.25, -0.2) is 9.67 Å². The highest BCUT2D eigenvalue weighted by Crippen LogP contribution is 2.18. The van der Waals surface area contributed by atoms with Crippen molar-refractivity contribution >= 4 is 22.9 Å². The lowest BCUT2D eigenvalue weighted by Gasteiger charge is -2.26. The molecule has 4 aromatic rings. The fourth-order valence-electron chi connectivity index (χ4n) is 3.99. The Morgan fingerprint density at radius 1 is 1.03 bits per heavy atom. The Morgan fingerprint density at radius 2 is 1.83 bits per heavy atom. The van der Waals surface area contributed by atoms with Gasteiger partial charge in [0.2, 0.25) is 0 Å². The van der Waals surface area contributed by atoms with Crippen LogP contribution in [0.3, 0.4) is 0 Å². The molecule has 1 amide bonds. The van der Waals surface area contributed by atoms with Gasteiger partial charge in [-0.05, 0) is 42.8 Å². The summed E-state index contributed by atoms with van der Waals surface area (Å²) >= 11 is 0. The van der Waals surface area contributed by atoms with E-state index in [1.165, 1.54) is 0 Å². The van der Waals surface area contributed by atoms with E-state index in [0.717, 1.165) is 55.9 Å². The van der Waals surface area contributed by atoms with E-state index in [1.807, 2.05) is 54.6 Å². The highest BCUT2D eigenvalue weighted by atomic mass is 16.5. The summed E-state index contributed by atoms with van der Waals surface area (Å²) in [5.74, 6) is 0.204. The van der Waals surface area contributed by atoms with Crippen LogP contribution in [0.25, 0.3) is 16.7 Å². The summed E-state index contributed by atoms with van der Waals surface area (Å²) in [5, 5.41) is 16.6. The minimum absolute atomic E-state index is 0.0677. The lowest BCUT2D eigenvalue weighted by atomic mass is 10.1. The van der Waals surface area contributed by atoms with E-state index in [9.17, 15) is 4.79 Å². The van der Waals surface area contributed by atoms with Crippen molar-refractivity contribution in [3.8, 4) is 5.69 Å². The maximum absolute atomic E-state index is 12.4. The fraction of sp³-hybridized carbons (Fsp3) is 0.308. The zero-order valence-electron chi connectivity index (χ0n) is 20.0. The van der Waals surface area contributed by atoms with E-state index in [4.69, 9.17) is 4.74 Å². The molecule has 0 bridgehead atoms. The molecule has 3 heterocycles. The fourth-order valence-corrected chi connectivity index (χ4v) is 3.99. The molecule has 1 fully saturated rings. The van der Waals surface area contributed by atoms with E-state index in [2.05, 4.69) is 35.5 Å². The smallest absolute Gasteiger partial charge is 0.270 e. The molecule has 36 heavy (non-hydrogen) atoms. The van der Waals surface area contributed by atoms with Crippen molar-refractivity contribution in [1.29, 1.82) is 0 Å². The number of benzene rings is 2. The maximum atomic E-state index is 12.4. The number of amides is 1. The van der Waals surface area contributed by atoms with Crippen LogP contribution in [0.2, 0.25) is 0 Å². The summed E-state index contributed by atoms with van der Waals surface area (Å²) in [4.78, 5) is 23.5. The highest BCUT2D eigenvalue weighted by Gasteiger charge is 2.11. The van der Waals surface area contributed by atoms with Crippen LogP contribution in [0, 0.1) is 0 Å². The molecule has 10 heteroatoms. The predicted molar refractivity (Wildman–Crippen MR) is 136 cm³/mol. The highest BCUT2D eigenvalue weighted by molar-refractivity contribution is 5.94. The minimum Gasteiger partial charge on any atom is -0.379 e. The monoisotopic (exact) mass is 484 g/mol. The third-order valence-electron chi connectivity index (χ3n) is 5.97. The average Bonchev–Trinajstić information content (AvgIpc) is 3.36. The van der Waals surface area contributed by atoms with Gasteiger partial charge in [-0.2, -0.15) is 15.2 Å². The van der Waals surface area contributed by atoms with Crippen molar-refractivity contribution in [2.45, 2.75) is 13.0 Å². The van der Waals surface area contributed by atoms with Gasteiger partial charge < -0.3 is 10.1 Å². The van der Waals surface area contributed by atoms with Gasteiger partial charge >= 0.3 is 0 Å². The molecule has 0 aliphatic carbocycles. The largest absolute Gasteiger partial charge is 0.379 e. The summed E-state index contributed by atoms with van der Waals surface area (Å²) < 4.78 is 7.11. The number of fused-ring (bicyclic) bond motifs is 1. The maximum Gasteiger partial charge on any atom is 0.270 e. The topological polar surface area (TPSA) is 110 Å². The zero-order valence-corrected chi connectivity index (χ0v) is 20.0. The van der Waals surface area contributed by atoms with Gasteiger partial charge in [0, 0.05) is 31.4 Å². The van der Waals surface area contributed by atoms with Crippen LogP contribution < -0.4 is 5.32 Å². The summed E-state index contributed by atoms with van der Waals surface area (Å²) in [5.41, 5.74) is 3.16. The molecule has 2 aromatic heterocycles. The Labute approximate surface area is 209 Å². The van der Waals surface area contributed by atoms with Gasteiger partial charge in [0.25, 0.3) is 11.9 Å². The average molecular weight is 485 g/mol. The Balaban J connectivity index is 1.13. The van der Waals surface area contributed by atoms with E-state index >= 15 is 0 Å². The number of carbonyl (C=O) groups is 1. The number of hydrogen-bond acceptors (Lipinski definition) is 8. The van der Waals surface area contributed by atoms with Gasteiger partial charge in [0.15, 0.2) is 5.65 Å². The van der Waals surface area contributed by atoms with Crippen molar-refractivity contribution < 1.29 is 9.53 Å². The number of nitrogens with one attached hydrogen (secondary N) is 1. The number of morpholine rings is 1. The molecular weight excluding hydrogens is 456 g/mol. The first-order valence-electron chi connectivity index (χ1n) is 12.1. The van der Waals surface area contributed by atoms with Crippen LogP contribution >= 0.6 is 0 Å². The van der Waals surface area contributed by atoms with E-state index < -0.39 is 0 Å². The summed E-state index contributed by atoms with van der Waals surface area (Å²) in [6.07, 6.45) is 4.34. The molecule has 10 nitrogen and oxygen atoms in total. The van der Waals surface area contributed by atoms with Crippen LogP contribution in [0.15, 0.2) is 77.2 Å². The number of para-hydroxylation sites is 1. The Hall–Kier alpha value is -4.02. The standard InChI is InChI=1S/C26H28N8O2/c35-25(27-11-4-12-33-13-15-36-16-14-33)21-9-7-20(8-10-21)17-29-32-26-28-18-22-19-30-34(24(22)31-26)23-5-2-1-3-6-23/h1-3,5-10,18-19H,4,11-17H2,(H,27,35). The summed E-state index contributed by atoms with van der Waals surface area (Å²) in [7, 11) is 0. The van der Waals surface area contributed by atoms with Gasteiger partial charge in [-0.15, -0.1) is 5.11 Å². The van der Waals surface area contributed by atoms with Crippen LogP contribution in [-0.4, -0.2) is 69.9 Å². The van der Waals surface area contributed by atoms with Gasteiger partial charge in [0.1, 0.15) is 0 Å². The molecule has 1 aliphatic heterocycles. The molecule has 2 aromatic carbocycles. The number of aromatic nitrogens is 4. The molecule has 0 saturated carbocycles. The second-order valence-corrected chi connectivity index (χ2v) is 8.50. The van der Waals surface area contributed by atoms with E-state index in [1.54, 1.807) is 17.1 Å². The first kappa shape index (κ1) is 23.7. The van der Waals surface area contributed by atoms with Crippen LogP contribution in [0.4, 0.5) is 5.95 Å². The predicted octanol–water partition coefficient (Wildman–Crippen LogP) is 3.55. The third kappa shape index (κ3) is 5.96. The number of azo groups is 1. The summed E-state index contributed by atoms with van der Waals surface area (Å²) in [6, 6.07) is 17.2. The summed E-state index contributed by atoms with van der Waals surface area (Å²) in [6.45, 7) is 5.50. The normalized spacial score (nSPS) is 14.4. The number of hydrogen-bond donors (Lipinski definition) is 1. The van der Waals surface area contributed by atoms with Gasteiger partial charge in [-0.3, -0.25) is 9.69 Å². The molecule has 0 spiro atoms. The molecule has 5 rings (SSSR count). The van der Waals surface area contributed by atoms with Gasteiger partial charge in [-0.1, -0.05) is 30.3 Å².